The van der Waals surface area contributed by atoms with Gasteiger partial charge in [-0.25, -0.2) is 4.98 Å². The summed E-state index contributed by atoms with van der Waals surface area (Å²) in [6.07, 6.45) is 3.65. The minimum absolute atomic E-state index is 0.580. The van der Waals surface area contributed by atoms with Crippen molar-refractivity contribution in [2.24, 2.45) is 7.05 Å². The molecule has 0 fully saturated rings. The van der Waals surface area contributed by atoms with Crippen LogP contribution in [0, 0.1) is 0 Å². The number of nitrogens with two attached hydrogens (primary N) is 1. The van der Waals surface area contributed by atoms with Gasteiger partial charge in [0.15, 0.2) is 0 Å². The second kappa shape index (κ2) is 5.25. The number of anilines is 2. The Morgan fingerprint density at radius 2 is 2.12 bits per heavy atom. The van der Waals surface area contributed by atoms with Gasteiger partial charge in [-0.2, -0.15) is 0 Å². The molecule has 1 aromatic carbocycles. The van der Waals surface area contributed by atoms with Crippen molar-refractivity contribution in [1.82, 2.24) is 9.55 Å². The lowest BCUT2D eigenvalue weighted by Gasteiger charge is -2.08. The molecule has 0 atom stereocenters. The van der Waals surface area contributed by atoms with Crippen LogP contribution in [0.3, 0.4) is 0 Å². The lowest BCUT2D eigenvalue weighted by molar-refractivity contribution is 0.332. The zero-order chi connectivity index (χ0) is 12.1. The molecule has 0 spiro atoms. The number of hydrogen-bond donors (Lipinski definition) is 2. The molecule has 0 aliphatic carbocycles. The molecule has 0 saturated heterocycles. The molecule has 2 aromatic rings. The van der Waals surface area contributed by atoms with Crippen molar-refractivity contribution in [3.8, 4) is 5.75 Å². The fraction of sp³-hybridized carbons (Fsp3) is 0.250. The maximum absolute atomic E-state index is 5.58. The van der Waals surface area contributed by atoms with Crippen LogP contribution in [-0.2, 0) is 7.05 Å². The monoisotopic (exact) mass is 232 g/mol. The lowest BCUT2D eigenvalue weighted by Crippen LogP contribution is -2.13. The highest BCUT2D eigenvalue weighted by molar-refractivity contribution is 5.41. The van der Waals surface area contributed by atoms with Crippen molar-refractivity contribution in [3.63, 3.8) is 0 Å². The quantitative estimate of drug-likeness (QED) is 0.605. The van der Waals surface area contributed by atoms with Gasteiger partial charge in [0.25, 0.3) is 0 Å². The van der Waals surface area contributed by atoms with E-state index in [0.29, 0.717) is 13.2 Å². The van der Waals surface area contributed by atoms with Gasteiger partial charge in [-0.1, -0.05) is 0 Å². The summed E-state index contributed by atoms with van der Waals surface area (Å²) in [5.74, 6) is 1.66. The number of nitrogen functional groups attached to an aromatic ring is 1. The number of aryl methyl sites for hydroxylation is 1. The first-order chi connectivity index (χ1) is 8.25. The average molecular weight is 232 g/mol. The molecule has 1 aromatic heterocycles. The predicted octanol–water partition coefficient (Wildman–Crippen LogP) is 1.49. The van der Waals surface area contributed by atoms with Crippen LogP contribution in [-0.4, -0.2) is 22.7 Å². The second-order valence-electron chi connectivity index (χ2n) is 3.71. The molecule has 5 nitrogen and oxygen atoms in total. The number of aromatic nitrogens is 2. The van der Waals surface area contributed by atoms with Crippen LogP contribution in [0.4, 0.5) is 11.6 Å². The molecule has 17 heavy (non-hydrogen) atoms. The third-order valence-electron chi connectivity index (χ3n) is 2.36. The molecule has 0 aliphatic heterocycles. The molecule has 0 radical (unpaired) electrons. The van der Waals surface area contributed by atoms with Crippen LogP contribution < -0.4 is 15.8 Å². The third-order valence-corrected chi connectivity index (χ3v) is 2.36. The molecular weight excluding hydrogens is 216 g/mol. The summed E-state index contributed by atoms with van der Waals surface area (Å²) in [4.78, 5) is 4.15. The topological polar surface area (TPSA) is 65.1 Å². The van der Waals surface area contributed by atoms with Gasteiger partial charge in [-0.05, 0) is 24.3 Å². The summed E-state index contributed by atoms with van der Waals surface area (Å²) in [5, 5.41) is 3.18. The van der Waals surface area contributed by atoms with E-state index in [1.54, 1.807) is 6.20 Å². The highest BCUT2D eigenvalue weighted by Gasteiger charge is 1.97. The van der Waals surface area contributed by atoms with Crippen LogP contribution >= 0.6 is 0 Å². The molecule has 2 rings (SSSR count). The summed E-state index contributed by atoms with van der Waals surface area (Å²) in [7, 11) is 1.94. The van der Waals surface area contributed by atoms with Crippen LogP contribution in [0.5, 0.6) is 5.75 Å². The fourth-order valence-electron chi connectivity index (χ4n) is 1.43. The number of nitrogens with zero attached hydrogens (tertiary/aromatic N) is 2. The molecule has 0 bridgehead atoms. The van der Waals surface area contributed by atoms with E-state index in [2.05, 4.69) is 10.3 Å². The zero-order valence-electron chi connectivity index (χ0n) is 9.76. The number of hydrogen-bond acceptors (Lipinski definition) is 4. The van der Waals surface area contributed by atoms with E-state index in [4.69, 9.17) is 10.5 Å². The van der Waals surface area contributed by atoms with Crippen LogP contribution in [0.25, 0.3) is 0 Å². The van der Waals surface area contributed by atoms with Crippen molar-refractivity contribution in [3.05, 3.63) is 36.7 Å². The molecule has 5 heteroatoms. The Labute approximate surface area is 100 Å². The molecule has 0 amide bonds. The summed E-state index contributed by atoms with van der Waals surface area (Å²) in [6, 6.07) is 7.36. The number of imidazole rings is 1. The minimum atomic E-state index is 0.580. The summed E-state index contributed by atoms with van der Waals surface area (Å²) < 4.78 is 7.46. The summed E-state index contributed by atoms with van der Waals surface area (Å²) in [5.41, 5.74) is 6.32. The zero-order valence-corrected chi connectivity index (χ0v) is 9.76. The Morgan fingerprint density at radius 3 is 2.76 bits per heavy atom. The Bertz CT molecular complexity index is 464. The number of nitrogens with one attached hydrogen (secondary N) is 1. The smallest absolute Gasteiger partial charge is 0.202 e. The van der Waals surface area contributed by atoms with Crippen molar-refractivity contribution in [2.45, 2.75) is 0 Å². The molecule has 0 saturated carbocycles. The van der Waals surface area contributed by atoms with Crippen LogP contribution in [0.2, 0.25) is 0 Å². The Kier molecular flexibility index (Phi) is 3.49. The van der Waals surface area contributed by atoms with E-state index in [1.807, 2.05) is 42.1 Å². The average Bonchev–Trinajstić information content (AvgIpc) is 2.73. The molecule has 1 heterocycles. The van der Waals surface area contributed by atoms with Gasteiger partial charge in [0.2, 0.25) is 5.95 Å². The Balaban J connectivity index is 1.73. The maximum atomic E-state index is 5.58. The SMILES string of the molecule is Cn1ccnc1NCCOc1ccc(N)cc1. The molecule has 90 valence electrons. The highest BCUT2D eigenvalue weighted by atomic mass is 16.5. The maximum Gasteiger partial charge on any atom is 0.202 e. The first-order valence-electron chi connectivity index (χ1n) is 5.45. The van der Waals surface area contributed by atoms with Crippen molar-refractivity contribution >= 4 is 11.6 Å². The Morgan fingerprint density at radius 1 is 1.35 bits per heavy atom. The summed E-state index contributed by atoms with van der Waals surface area (Å²) in [6.45, 7) is 1.28. The third kappa shape index (κ3) is 3.14. The van der Waals surface area contributed by atoms with Crippen LogP contribution in [0.15, 0.2) is 36.7 Å². The second-order valence-corrected chi connectivity index (χ2v) is 3.71. The first-order valence-corrected chi connectivity index (χ1v) is 5.45. The van der Waals surface area contributed by atoms with Gasteiger partial charge in [-0.3, -0.25) is 0 Å². The molecular formula is C12H16N4O. The van der Waals surface area contributed by atoms with Gasteiger partial charge in [0.05, 0.1) is 6.54 Å². The van der Waals surface area contributed by atoms with Crippen LogP contribution in [0.1, 0.15) is 0 Å². The number of ether oxygens (including phenoxy) is 1. The van der Waals surface area contributed by atoms with Crippen molar-refractivity contribution in [2.75, 3.05) is 24.2 Å². The van der Waals surface area contributed by atoms with Gasteiger partial charge < -0.3 is 20.4 Å². The van der Waals surface area contributed by atoms with E-state index in [-0.39, 0.29) is 0 Å². The standard InChI is InChI=1S/C12H16N4O/c1-16-8-6-14-12(16)15-7-9-17-11-4-2-10(13)3-5-11/h2-6,8H,7,9,13H2,1H3,(H,14,15). The number of benzene rings is 1. The normalized spacial score (nSPS) is 10.2. The van der Waals surface area contributed by atoms with E-state index in [9.17, 15) is 0 Å². The van der Waals surface area contributed by atoms with E-state index in [1.165, 1.54) is 0 Å². The van der Waals surface area contributed by atoms with E-state index < -0.39 is 0 Å². The predicted molar refractivity (Wildman–Crippen MR) is 68.0 cm³/mol. The van der Waals surface area contributed by atoms with E-state index >= 15 is 0 Å². The fourth-order valence-corrected chi connectivity index (χ4v) is 1.43. The lowest BCUT2D eigenvalue weighted by atomic mass is 10.3. The molecule has 3 N–H and O–H groups in total. The van der Waals surface area contributed by atoms with Gasteiger partial charge in [-0.15, -0.1) is 0 Å². The van der Waals surface area contributed by atoms with Gasteiger partial charge in [0.1, 0.15) is 12.4 Å². The van der Waals surface area contributed by atoms with Crippen molar-refractivity contribution < 1.29 is 4.74 Å². The largest absolute Gasteiger partial charge is 0.492 e. The van der Waals surface area contributed by atoms with E-state index in [0.717, 1.165) is 17.4 Å². The van der Waals surface area contributed by atoms with Gasteiger partial charge >= 0.3 is 0 Å². The molecule has 0 unspecified atom stereocenters. The minimum Gasteiger partial charge on any atom is -0.492 e. The number of rotatable bonds is 5. The molecule has 0 aliphatic rings. The van der Waals surface area contributed by atoms with Crippen molar-refractivity contribution in [1.29, 1.82) is 0 Å². The van der Waals surface area contributed by atoms with Gasteiger partial charge in [0, 0.05) is 25.1 Å². The highest BCUT2D eigenvalue weighted by Crippen LogP contribution is 2.12. The Hall–Kier alpha value is -2.17. The summed E-state index contributed by atoms with van der Waals surface area (Å²) >= 11 is 0. The first kappa shape index (κ1) is 11.3.